The van der Waals surface area contributed by atoms with E-state index in [0.29, 0.717) is 11.9 Å². The van der Waals surface area contributed by atoms with Crippen molar-refractivity contribution in [3.63, 3.8) is 0 Å². The van der Waals surface area contributed by atoms with Crippen molar-refractivity contribution in [3.05, 3.63) is 40.9 Å². The van der Waals surface area contributed by atoms with Crippen molar-refractivity contribution in [1.29, 1.82) is 0 Å². The minimum absolute atomic E-state index is 0.582. The summed E-state index contributed by atoms with van der Waals surface area (Å²) in [7, 11) is 0. The predicted octanol–water partition coefficient (Wildman–Crippen LogP) is 2.37. The van der Waals surface area contributed by atoms with Crippen LogP contribution in [0.5, 0.6) is 0 Å². The Morgan fingerprint density at radius 3 is 2.84 bits per heavy atom. The Balaban J connectivity index is 1.48. The van der Waals surface area contributed by atoms with Gasteiger partial charge in [-0.1, -0.05) is 11.2 Å². The summed E-state index contributed by atoms with van der Waals surface area (Å²) < 4.78 is 5.34. The SMILES string of the molecule is Cc1noc(C)c1CN1C[C@H]2CC[C@@H](C1)N(Cc1cccnc1N)C2. The molecule has 2 aromatic heterocycles. The summed E-state index contributed by atoms with van der Waals surface area (Å²) in [6.45, 7) is 9.30. The van der Waals surface area contributed by atoms with Gasteiger partial charge in [-0.25, -0.2) is 4.98 Å². The number of nitrogen functional groups attached to an aromatic ring is 1. The van der Waals surface area contributed by atoms with Gasteiger partial charge in [0.2, 0.25) is 0 Å². The van der Waals surface area contributed by atoms with Gasteiger partial charge in [0, 0.05) is 56.1 Å². The smallest absolute Gasteiger partial charge is 0.138 e. The van der Waals surface area contributed by atoms with Gasteiger partial charge in [0.05, 0.1) is 5.69 Å². The number of nitrogens with zero attached hydrogens (tertiary/aromatic N) is 4. The molecule has 0 saturated carbocycles. The van der Waals surface area contributed by atoms with E-state index in [1.165, 1.54) is 18.4 Å². The number of aryl methyl sites for hydroxylation is 2. The second-order valence-corrected chi connectivity index (χ2v) is 7.57. The Morgan fingerprint density at radius 1 is 1.20 bits per heavy atom. The molecule has 134 valence electrons. The van der Waals surface area contributed by atoms with Crippen molar-refractivity contribution in [3.8, 4) is 0 Å². The Kier molecular flexibility index (Phi) is 4.48. The lowest BCUT2D eigenvalue weighted by Crippen LogP contribution is -2.43. The molecule has 2 N–H and O–H groups in total. The van der Waals surface area contributed by atoms with Crippen molar-refractivity contribution in [2.45, 2.75) is 45.8 Å². The summed E-state index contributed by atoms with van der Waals surface area (Å²) in [5.74, 6) is 2.33. The van der Waals surface area contributed by atoms with E-state index in [9.17, 15) is 0 Å². The van der Waals surface area contributed by atoms with Gasteiger partial charge in [0.25, 0.3) is 0 Å². The van der Waals surface area contributed by atoms with Crippen LogP contribution in [0.15, 0.2) is 22.9 Å². The molecular weight excluding hydrogens is 314 g/mol. The largest absolute Gasteiger partial charge is 0.383 e. The van der Waals surface area contributed by atoms with E-state index < -0.39 is 0 Å². The van der Waals surface area contributed by atoms with Crippen LogP contribution in [-0.2, 0) is 13.1 Å². The number of pyridine rings is 1. The third-order valence-corrected chi connectivity index (χ3v) is 5.77. The van der Waals surface area contributed by atoms with E-state index in [4.69, 9.17) is 10.3 Å². The van der Waals surface area contributed by atoms with E-state index in [2.05, 4.69) is 26.0 Å². The number of rotatable bonds is 4. The van der Waals surface area contributed by atoms with Crippen LogP contribution in [0.1, 0.15) is 35.4 Å². The first-order chi connectivity index (χ1) is 12.1. The van der Waals surface area contributed by atoms with Gasteiger partial charge in [0.15, 0.2) is 0 Å². The molecule has 3 fully saturated rings. The summed E-state index contributed by atoms with van der Waals surface area (Å²) in [5, 5.41) is 4.11. The van der Waals surface area contributed by atoms with Crippen molar-refractivity contribution in [2.24, 2.45) is 5.92 Å². The molecule has 2 atom stereocenters. The number of aromatic nitrogens is 2. The number of hydrogen-bond acceptors (Lipinski definition) is 6. The zero-order valence-corrected chi connectivity index (χ0v) is 15.1. The van der Waals surface area contributed by atoms with Crippen molar-refractivity contribution in [1.82, 2.24) is 19.9 Å². The molecule has 0 spiro atoms. The number of piperidine rings is 1. The highest BCUT2D eigenvalue weighted by molar-refractivity contribution is 5.38. The Hall–Kier alpha value is -1.92. The predicted molar refractivity (Wildman–Crippen MR) is 96.8 cm³/mol. The average molecular weight is 341 g/mol. The maximum Gasteiger partial charge on any atom is 0.138 e. The van der Waals surface area contributed by atoms with Crippen molar-refractivity contribution < 1.29 is 4.52 Å². The fourth-order valence-corrected chi connectivity index (χ4v) is 4.35. The zero-order chi connectivity index (χ0) is 17.4. The van der Waals surface area contributed by atoms with Gasteiger partial charge in [-0.2, -0.15) is 0 Å². The van der Waals surface area contributed by atoms with Crippen LogP contribution in [0, 0.1) is 19.8 Å². The molecule has 0 aliphatic carbocycles. The Bertz CT molecular complexity index is 724. The third kappa shape index (κ3) is 3.41. The second-order valence-electron chi connectivity index (χ2n) is 7.57. The van der Waals surface area contributed by atoms with Gasteiger partial charge < -0.3 is 10.3 Å². The summed E-state index contributed by atoms with van der Waals surface area (Å²) in [6.07, 6.45) is 4.35. The lowest BCUT2D eigenvalue weighted by atomic mass is 9.94. The zero-order valence-electron chi connectivity index (χ0n) is 15.1. The highest BCUT2D eigenvalue weighted by atomic mass is 16.5. The lowest BCUT2D eigenvalue weighted by Gasteiger charge is -2.36. The van der Waals surface area contributed by atoms with Crippen LogP contribution in [-0.4, -0.2) is 45.6 Å². The van der Waals surface area contributed by atoms with Crippen LogP contribution in [0.2, 0.25) is 0 Å². The maximum absolute atomic E-state index is 6.06. The first-order valence-electron chi connectivity index (χ1n) is 9.17. The normalized spacial score (nSPS) is 24.6. The lowest BCUT2D eigenvalue weighted by molar-refractivity contribution is 0.123. The molecule has 6 nitrogen and oxygen atoms in total. The summed E-state index contributed by atoms with van der Waals surface area (Å²) in [4.78, 5) is 9.43. The number of anilines is 1. The van der Waals surface area contributed by atoms with Gasteiger partial charge >= 0.3 is 0 Å². The van der Waals surface area contributed by atoms with Crippen LogP contribution >= 0.6 is 0 Å². The Labute approximate surface area is 149 Å². The Morgan fingerprint density at radius 2 is 2.08 bits per heavy atom. The molecule has 25 heavy (non-hydrogen) atoms. The van der Waals surface area contributed by atoms with E-state index in [1.807, 2.05) is 19.9 Å². The summed E-state index contributed by atoms with van der Waals surface area (Å²) >= 11 is 0. The van der Waals surface area contributed by atoms with E-state index >= 15 is 0 Å². The molecule has 6 heteroatoms. The highest BCUT2D eigenvalue weighted by Gasteiger charge is 2.35. The van der Waals surface area contributed by atoms with Crippen LogP contribution in [0.3, 0.4) is 0 Å². The van der Waals surface area contributed by atoms with Gasteiger partial charge in [-0.05, 0) is 38.7 Å². The van der Waals surface area contributed by atoms with Crippen molar-refractivity contribution >= 4 is 5.82 Å². The molecule has 5 heterocycles. The van der Waals surface area contributed by atoms with Crippen LogP contribution in [0.4, 0.5) is 5.82 Å². The van der Waals surface area contributed by atoms with Gasteiger partial charge in [-0.3, -0.25) is 9.80 Å². The first-order valence-corrected chi connectivity index (χ1v) is 9.17. The fourth-order valence-electron chi connectivity index (χ4n) is 4.35. The number of hydrogen-bond donors (Lipinski definition) is 1. The van der Waals surface area contributed by atoms with Gasteiger partial charge in [-0.15, -0.1) is 0 Å². The molecule has 5 rings (SSSR count). The molecular formula is C19H27N5O. The van der Waals surface area contributed by atoms with Crippen molar-refractivity contribution in [2.75, 3.05) is 25.4 Å². The topological polar surface area (TPSA) is 71.4 Å². The maximum atomic E-state index is 6.06. The van der Waals surface area contributed by atoms with Crippen LogP contribution < -0.4 is 5.73 Å². The minimum Gasteiger partial charge on any atom is -0.383 e. The first kappa shape index (κ1) is 16.5. The minimum atomic E-state index is 0.582. The third-order valence-electron chi connectivity index (χ3n) is 5.77. The standard InChI is InChI=1S/C19H27N5O/c1-13-18(14(2)25-22-13)12-23-8-15-5-6-17(11-23)24(9-15)10-16-4-3-7-21-19(16)20/h3-4,7,15,17H,5-6,8-12H2,1-2H3,(H2,20,21)/t15-,17+/m1/s1. The molecule has 2 bridgehead atoms. The summed E-state index contributed by atoms with van der Waals surface area (Å²) in [5.41, 5.74) is 9.48. The molecule has 3 saturated heterocycles. The molecule has 3 aliphatic rings. The van der Waals surface area contributed by atoms with E-state index in [0.717, 1.165) is 55.7 Å². The molecule has 0 aromatic carbocycles. The molecule has 0 radical (unpaired) electrons. The fraction of sp³-hybridized carbons (Fsp3) is 0.579. The second kappa shape index (κ2) is 6.77. The average Bonchev–Trinajstić information content (AvgIpc) is 2.78. The quantitative estimate of drug-likeness (QED) is 0.920. The molecule has 0 amide bonds. The highest BCUT2D eigenvalue weighted by Crippen LogP contribution is 2.31. The monoisotopic (exact) mass is 341 g/mol. The van der Waals surface area contributed by atoms with E-state index in [-0.39, 0.29) is 0 Å². The number of fused-ring (bicyclic) bond motifs is 4. The number of nitrogens with two attached hydrogens (primary N) is 1. The summed E-state index contributed by atoms with van der Waals surface area (Å²) in [6, 6.07) is 4.66. The van der Waals surface area contributed by atoms with E-state index in [1.54, 1.807) is 6.20 Å². The van der Waals surface area contributed by atoms with Gasteiger partial charge in [0.1, 0.15) is 11.6 Å². The van der Waals surface area contributed by atoms with Crippen LogP contribution in [0.25, 0.3) is 0 Å². The molecule has 3 aliphatic heterocycles. The molecule has 2 aromatic rings. The molecule has 0 unspecified atom stereocenters.